The number of ether oxygens (including phenoxy) is 2. The summed E-state index contributed by atoms with van der Waals surface area (Å²) < 4.78 is 12.2. The van der Waals surface area contributed by atoms with Crippen LogP contribution in [0.5, 0.6) is 0 Å². The number of benzene rings is 2. The Balaban J connectivity index is 1.44. The highest BCUT2D eigenvalue weighted by atomic mass is 16.5. The van der Waals surface area contributed by atoms with Gasteiger partial charge in [-0.25, -0.2) is 0 Å². The number of cyclic esters (lactones) is 1. The van der Waals surface area contributed by atoms with E-state index < -0.39 is 53.5 Å². The number of allylic oxidation sites excluding steroid dienone is 1. The third kappa shape index (κ3) is 6.12. The molecule has 2 fully saturated rings. The van der Waals surface area contributed by atoms with Gasteiger partial charge in [0.05, 0.1) is 36.6 Å². The summed E-state index contributed by atoms with van der Waals surface area (Å²) in [5.41, 5.74) is 0.274. The molecular formula is C37H43N3O7. The Morgan fingerprint density at radius 2 is 1.72 bits per heavy atom. The summed E-state index contributed by atoms with van der Waals surface area (Å²) in [5.74, 6) is -3.56. The average Bonchev–Trinajstić information content (AvgIpc) is 3.74. The van der Waals surface area contributed by atoms with Gasteiger partial charge in [-0.1, -0.05) is 105 Å². The number of aliphatic hydroxyl groups is 1. The first kappa shape index (κ1) is 32.7. The molecule has 0 unspecified atom stereocenters. The van der Waals surface area contributed by atoms with E-state index in [1.165, 1.54) is 4.90 Å². The first-order valence-electron chi connectivity index (χ1n) is 16.6. The summed E-state index contributed by atoms with van der Waals surface area (Å²) in [6.45, 7) is 4.02. The van der Waals surface area contributed by atoms with Gasteiger partial charge in [-0.3, -0.25) is 19.2 Å². The molecular weight excluding hydrogens is 598 g/mol. The van der Waals surface area contributed by atoms with E-state index in [1.54, 1.807) is 17.1 Å². The van der Waals surface area contributed by atoms with E-state index >= 15 is 0 Å². The second-order valence-corrected chi connectivity index (χ2v) is 13.0. The number of carbonyl (C=O) groups excluding carboxylic acids is 4. The number of aliphatic hydroxyl groups excluding tert-OH is 1. The largest absolute Gasteiger partial charge is 0.463 e. The van der Waals surface area contributed by atoms with Crippen LogP contribution in [-0.2, 0) is 35.2 Å². The molecule has 2 N–H and O–H groups in total. The van der Waals surface area contributed by atoms with Crippen LogP contribution in [0.15, 0.2) is 85.0 Å². The van der Waals surface area contributed by atoms with Crippen LogP contribution in [0, 0.1) is 17.8 Å². The highest BCUT2D eigenvalue weighted by molar-refractivity contribution is 6.00. The van der Waals surface area contributed by atoms with Gasteiger partial charge in [0, 0.05) is 19.5 Å². The molecule has 3 amide bonds. The van der Waals surface area contributed by atoms with Crippen molar-refractivity contribution in [3.63, 3.8) is 0 Å². The number of hydrogen-bond donors (Lipinski definition) is 2. The molecule has 2 saturated heterocycles. The Morgan fingerprint density at radius 3 is 2.43 bits per heavy atom. The van der Waals surface area contributed by atoms with E-state index in [0.717, 1.165) is 11.1 Å². The Kier molecular flexibility index (Phi) is 9.61. The second-order valence-electron chi connectivity index (χ2n) is 13.0. The monoisotopic (exact) mass is 641 g/mol. The number of fused-ring (bicyclic) bond motifs is 2. The SMILES string of the molecule is CC[C@H](C)[C@H](CO)N1C(=O)[C@@H]2[C@H]3C(=O)N[C@@H](c4ccccc4)COC(=O)CC/C=C\CN(Cc4ccccc4)C(=O)[C@@H]1[C@]21C=C[C@H]3O1. The highest BCUT2D eigenvalue weighted by Gasteiger charge is 2.74. The quantitative estimate of drug-likeness (QED) is 0.351. The summed E-state index contributed by atoms with van der Waals surface area (Å²) in [6.07, 6.45) is 7.77. The van der Waals surface area contributed by atoms with Gasteiger partial charge in [0.1, 0.15) is 18.2 Å². The Labute approximate surface area is 275 Å². The van der Waals surface area contributed by atoms with Crippen LogP contribution in [0.1, 0.15) is 50.3 Å². The molecule has 2 aromatic rings. The first-order chi connectivity index (χ1) is 22.8. The normalized spacial score (nSPS) is 31.3. The second kappa shape index (κ2) is 13.8. The fourth-order valence-corrected chi connectivity index (χ4v) is 7.51. The van der Waals surface area contributed by atoms with Crippen molar-refractivity contribution in [2.75, 3.05) is 19.8 Å². The van der Waals surface area contributed by atoms with Gasteiger partial charge < -0.3 is 29.7 Å². The van der Waals surface area contributed by atoms with Gasteiger partial charge in [0.25, 0.3) is 0 Å². The predicted octanol–water partition coefficient (Wildman–Crippen LogP) is 3.32. The lowest BCUT2D eigenvalue weighted by molar-refractivity contribution is -0.152. The minimum absolute atomic E-state index is 0.0746. The standard InChI is InChI=1S/C37H43N3O7/c1-3-24(2)28(22-41)40-33-36(45)39(21-25-13-7-4-8-14-25)20-12-6-11-17-30(42)46-23-27(26-15-9-5-10-16-26)38-34(43)31-29-18-19-37(33,47-29)32(31)35(40)44/h4-10,12-16,18-19,24,27-29,31-33,41H,3,11,17,20-23H2,1-2H3,(H,38,43)/b12-6-/t24-,27+,28-,29+,31-,32-,33+,37-/m0/s1. The van der Waals surface area contributed by atoms with Crippen molar-refractivity contribution >= 4 is 23.7 Å². The lowest BCUT2D eigenvalue weighted by atomic mass is 9.74. The van der Waals surface area contributed by atoms with Crippen LogP contribution in [0.25, 0.3) is 0 Å². The van der Waals surface area contributed by atoms with E-state index in [1.807, 2.05) is 86.7 Å². The average molecular weight is 642 g/mol. The molecule has 4 heterocycles. The summed E-state index contributed by atoms with van der Waals surface area (Å²) >= 11 is 0. The zero-order chi connectivity index (χ0) is 33.1. The Morgan fingerprint density at radius 1 is 1.00 bits per heavy atom. The van der Waals surface area contributed by atoms with Gasteiger partial charge in [-0.2, -0.15) is 0 Å². The molecule has 1 spiro atoms. The molecule has 0 aliphatic carbocycles. The lowest BCUT2D eigenvalue weighted by Gasteiger charge is -2.40. The molecule has 4 aliphatic rings. The van der Waals surface area contributed by atoms with Crippen LogP contribution >= 0.6 is 0 Å². The van der Waals surface area contributed by atoms with Crippen LogP contribution in [0.4, 0.5) is 0 Å². The van der Waals surface area contributed by atoms with E-state index in [0.29, 0.717) is 12.8 Å². The van der Waals surface area contributed by atoms with Gasteiger partial charge in [0.2, 0.25) is 17.7 Å². The third-order valence-electron chi connectivity index (χ3n) is 10.2. The van der Waals surface area contributed by atoms with Crippen LogP contribution in [0.3, 0.4) is 0 Å². The van der Waals surface area contributed by atoms with Gasteiger partial charge >= 0.3 is 5.97 Å². The van der Waals surface area contributed by atoms with Gasteiger partial charge in [-0.15, -0.1) is 0 Å². The molecule has 47 heavy (non-hydrogen) atoms. The number of rotatable bonds is 7. The summed E-state index contributed by atoms with van der Waals surface area (Å²) in [5, 5.41) is 13.7. The zero-order valence-electron chi connectivity index (χ0n) is 26.9. The minimum atomic E-state index is -1.39. The van der Waals surface area contributed by atoms with E-state index in [-0.39, 0.29) is 50.5 Å². The number of amides is 3. The smallest absolute Gasteiger partial charge is 0.306 e. The predicted molar refractivity (Wildman–Crippen MR) is 173 cm³/mol. The molecule has 10 heteroatoms. The number of nitrogens with zero attached hydrogens (tertiary/aromatic N) is 2. The van der Waals surface area contributed by atoms with Crippen molar-refractivity contribution < 1.29 is 33.8 Å². The lowest BCUT2D eigenvalue weighted by Crippen LogP contribution is -2.59. The van der Waals surface area contributed by atoms with E-state index in [9.17, 15) is 24.3 Å². The molecule has 4 aliphatic heterocycles. The number of hydrogen-bond acceptors (Lipinski definition) is 7. The highest BCUT2D eigenvalue weighted by Crippen LogP contribution is 2.56. The van der Waals surface area contributed by atoms with Crippen LogP contribution < -0.4 is 5.32 Å². The minimum Gasteiger partial charge on any atom is -0.463 e. The maximum atomic E-state index is 14.9. The Hall–Kier alpha value is -4.28. The number of nitrogens with one attached hydrogen (secondary N) is 1. The van der Waals surface area contributed by atoms with Crippen molar-refractivity contribution in [3.8, 4) is 0 Å². The van der Waals surface area contributed by atoms with Crippen LogP contribution in [-0.4, -0.2) is 82.1 Å². The van der Waals surface area contributed by atoms with Crippen molar-refractivity contribution in [2.24, 2.45) is 17.8 Å². The number of esters is 1. The fraction of sp³-hybridized carbons (Fsp3) is 0.459. The summed E-state index contributed by atoms with van der Waals surface area (Å²) in [6, 6.07) is 16.4. The fourth-order valence-electron chi connectivity index (χ4n) is 7.51. The molecule has 2 aromatic carbocycles. The topological polar surface area (TPSA) is 125 Å². The molecule has 0 radical (unpaired) electrons. The van der Waals surface area contributed by atoms with Gasteiger partial charge in [0.15, 0.2) is 0 Å². The summed E-state index contributed by atoms with van der Waals surface area (Å²) in [7, 11) is 0. The van der Waals surface area contributed by atoms with E-state index in [2.05, 4.69) is 5.32 Å². The van der Waals surface area contributed by atoms with Crippen molar-refractivity contribution in [1.29, 1.82) is 0 Å². The Bertz CT molecular complexity index is 1530. The maximum Gasteiger partial charge on any atom is 0.306 e. The molecule has 8 atom stereocenters. The zero-order valence-corrected chi connectivity index (χ0v) is 26.9. The molecule has 10 nitrogen and oxygen atoms in total. The van der Waals surface area contributed by atoms with Gasteiger partial charge in [-0.05, 0) is 23.5 Å². The molecule has 6 rings (SSSR count). The number of likely N-dealkylation sites (tertiary alicyclic amines) is 1. The molecule has 248 valence electrons. The molecule has 5 bridgehead atoms. The van der Waals surface area contributed by atoms with Crippen molar-refractivity contribution in [2.45, 2.75) is 69.5 Å². The molecule has 0 saturated carbocycles. The van der Waals surface area contributed by atoms with Crippen molar-refractivity contribution in [3.05, 3.63) is 96.1 Å². The maximum absolute atomic E-state index is 14.9. The van der Waals surface area contributed by atoms with Crippen LogP contribution in [0.2, 0.25) is 0 Å². The first-order valence-corrected chi connectivity index (χ1v) is 16.6. The van der Waals surface area contributed by atoms with E-state index in [4.69, 9.17) is 9.47 Å². The van der Waals surface area contributed by atoms with Crippen molar-refractivity contribution in [1.82, 2.24) is 15.1 Å². The third-order valence-corrected chi connectivity index (χ3v) is 10.2. The summed E-state index contributed by atoms with van der Waals surface area (Å²) in [4.78, 5) is 59.7. The number of carbonyl (C=O) groups is 4. The molecule has 0 aromatic heterocycles.